The van der Waals surface area contributed by atoms with Crippen LogP contribution in [0.3, 0.4) is 0 Å². The van der Waals surface area contributed by atoms with E-state index in [1.807, 2.05) is 18.9 Å². The van der Waals surface area contributed by atoms with Crippen molar-refractivity contribution in [3.63, 3.8) is 0 Å². The lowest BCUT2D eigenvalue weighted by Crippen LogP contribution is -2.40. The number of rotatable bonds is 5. The van der Waals surface area contributed by atoms with E-state index in [0.717, 1.165) is 32.5 Å². The van der Waals surface area contributed by atoms with E-state index in [2.05, 4.69) is 29.6 Å². The SMILES string of the molecule is CNCc1cccc(SC(C)C(=O)N2CCCCC2)c1. The van der Waals surface area contributed by atoms with Crippen molar-refractivity contribution in [3.8, 4) is 0 Å². The molecule has 1 heterocycles. The summed E-state index contributed by atoms with van der Waals surface area (Å²) >= 11 is 1.67. The van der Waals surface area contributed by atoms with Crippen molar-refractivity contribution in [2.45, 2.75) is 42.9 Å². The number of hydrogen-bond donors (Lipinski definition) is 1. The number of likely N-dealkylation sites (tertiary alicyclic amines) is 1. The molecule has 0 bridgehead atoms. The van der Waals surface area contributed by atoms with Crippen molar-refractivity contribution in [1.29, 1.82) is 0 Å². The smallest absolute Gasteiger partial charge is 0.235 e. The molecule has 1 fully saturated rings. The molecule has 1 aromatic carbocycles. The van der Waals surface area contributed by atoms with Gasteiger partial charge in [-0.05, 0) is 50.9 Å². The Bertz CT molecular complexity index is 444. The van der Waals surface area contributed by atoms with E-state index in [4.69, 9.17) is 0 Å². The third-order valence-electron chi connectivity index (χ3n) is 3.61. The monoisotopic (exact) mass is 292 g/mol. The fourth-order valence-electron chi connectivity index (χ4n) is 2.56. The van der Waals surface area contributed by atoms with Gasteiger partial charge in [0.15, 0.2) is 0 Å². The number of benzene rings is 1. The average Bonchev–Trinajstić information content (AvgIpc) is 2.48. The number of amides is 1. The van der Waals surface area contributed by atoms with Gasteiger partial charge in [-0.1, -0.05) is 12.1 Å². The van der Waals surface area contributed by atoms with E-state index >= 15 is 0 Å². The van der Waals surface area contributed by atoms with Gasteiger partial charge in [0.25, 0.3) is 0 Å². The number of carbonyl (C=O) groups is 1. The van der Waals surface area contributed by atoms with Crippen molar-refractivity contribution < 1.29 is 4.79 Å². The third-order valence-corrected chi connectivity index (χ3v) is 4.69. The molecule has 1 atom stereocenters. The zero-order valence-electron chi connectivity index (χ0n) is 12.4. The maximum Gasteiger partial charge on any atom is 0.235 e. The predicted molar refractivity (Wildman–Crippen MR) is 85.0 cm³/mol. The first kappa shape index (κ1) is 15.4. The van der Waals surface area contributed by atoms with Crippen LogP contribution >= 0.6 is 11.8 Å². The van der Waals surface area contributed by atoms with Gasteiger partial charge < -0.3 is 10.2 Å². The van der Waals surface area contributed by atoms with Crippen molar-refractivity contribution in [2.24, 2.45) is 0 Å². The summed E-state index contributed by atoms with van der Waals surface area (Å²) in [7, 11) is 1.95. The molecule has 3 nitrogen and oxygen atoms in total. The highest BCUT2D eigenvalue weighted by atomic mass is 32.2. The summed E-state index contributed by atoms with van der Waals surface area (Å²) < 4.78 is 0. The molecule has 0 radical (unpaired) electrons. The molecule has 20 heavy (non-hydrogen) atoms. The molecule has 1 N–H and O–H groups in total. The Morgan fingerprint density at radius 3 is 2.80 bits per heavy atom. The molecule has 1 aliphatic rings. The highest BCUT2D eigenvalue weighted by Gasteiger charge is 2.22. The first-order chi connectivity index (χ1) is 9.70. The van der Waals surface area contributed by atoms with Gasteiger partial charge in [-0.2, -0.15) is 0 Å². The topological polar surface area (TPSA) is 32.3 Å². The maximum absolute atomic E-state index is 12.4. The molecule has 0 aliphatic carbocycles. The van der Waals surface area contributed by atoms with Gasteiger partial charge in [-0.3, -0.25) is 4.79 Å². The quantitative estimate of drug-likeness (QED) is 0.847. The highest BCUT2D eigenvalue weighted by Crippen LogP contribution is 2.26. The third kappa shape index (κ3) is 4.25. The van der Waals surface area contributed by atoms with Crippen LogP contribution in [0.5, 0.6) is 0 Å². The van der Waals surface area contributed by atoms with E-state index in [-0.39, 0.29) is 11.2 Å². The minimum atomic E-state index is -0.00191. The van der Waals surface area contributed by atoms with Crippen LogP contribution < -0.4 is 5.32 Å². The number of piperidine rings is 1. The Balaban J connectivity index is 1.94. The lowest BCUT2D eigenvalue weighted by Gasteiger charge is -2.29. The number of nitrogens with zero attached hydrogens (tertiary/aromatic N) is 1. The van der Waals surface area contributed by atoms with Gasteiger partial charge in [0, 0.05) is 24.5 Å². The average molecular weight is 292 g/mol. The first-order valence-electron chi connectivity index (χ1n) is 7.39. The molecule has 1 aliphatic heterocycles. The van der Waals surface area contributed by atoms with Crippen LogP contribution in [0.2, 0.25) is 0 Å². The number of carbonyl (C=O) groups excluding carboxylic acids is 1. The summed E-state index contributed by atoms with van der Waals surface area (Å²) in [5.74, 6) is 0.286. The number of thioether (sulfide) groups is 1. The normalized spacial score (nSPS) is 17.0. The molecule has 1 amide bonds. The van der Waals surface area contributed by atoms with Crippen LogP contribution in [0.25, 0.3) is 0 Å². The molecular weight excluding hydrogens is 268 g/mol. The second-order valence-electron chi connectivity index (χ2n) is 5.32. The van der Waals surface area contributed by atoms with E-state index in [1.165, 1.54) is 16.9 Å². The summed E-state index contributed by atoms with van der Waals surface area (Å²) in [6, 6.07) is 8.43. The standard InChI is InChI=1S/C16H24N2OS/c1-13(16(19)18-9-4-3-5-10-18)20-15-8-6-7-14(11-15)12-17-2/h6-8,11,13,17H,3-5,9-10,12H2,1-2H3. The van der Waals surface area contributed by atoms with E-state index in [0.29, 0.717) is 0 Å². The fraction of sp³-hybridized carbons (Fsp3) is 0.562. The highest BCUT2D eigenvalue weighted by molar-refractivity contribution is 8.00. The van der Waals surface area contributed by atoms with E-state index in [1.54, 1.807) is 11.8 Å². The minimum Gasteiger partial charge on any atom is -0.342 e. The van der Waals surface area contributed by atoms with Crippen LogP contribution in [0.15, 0.2) is 29.2 Å². The fourth-order valence-corrected chi connectivity index (χ4v) is 3.59. The van der Waals surface area contributed by atoms with Gasteiger partial charge >= 0.3 is 0 Å². The summed E-state index contributed by atoms with van der Waals surface area (Å²) in [6.45, 7) is 4.75. The summed E-state index contributed by atoms with van der Waals surface area (Å²) in [5.41, 5.74) is 1.26. The van der Waals surface area contributed by atoms with Crippen LogP contribution in [-0.4, -0.2) is 36.2 Å². The number of hydrogen-bond acceptors (Lipinski definition) is 3. The predicted octanol–water partition coefficient (Wildman–Crippen LogP) is 2.90. The summed E-state index contributed by atoms with van der Waals surface area (Å²) in [5, 5.41) is 3.15. The Morgan fingerprint density at radius 2 is 2.10 bits per heavy atom. The van der Waals surface area contributed by atoms with Crippen molar-refractivity contribution in [1.82, 2.24) is 10.2 Å². The van der Waals surface area contributed by atoms with Gasteiger partial charge in [0.1, 0.15) is 0 Å². The first-order valence-corrected chi connectivity index (χ1v) is 8.27. The van der Waals surface area contributed by atoms with Gasteiger partial charge in [0.2, 0.25) is 5.91 Å². The Morgan fingerprint density at radius 1 is 1.35 bits per heavy atom. The molecule has 4 heteroatoms. The molecule has 0 aromatic heterocycles. The minimum absolute atomic E-state index is 0.00191. The lowest BCUT2D eigenvalue weighted by molar-refractivity contribution is -0.131. The van der Waals surface area contributed by atoms with Gasteiger partial charge in [0.05, 0.1) is 5.25 Å². The molecule has 0 spiro atoms. The van der Waals surface area contributed by atoms with Crippen LogP contribution in [0, 0.1) is 0 Å². The van der Waals surface area contributed by atoms with Crippen LogP contribution in [0.1, 0.15) is 31.7 Å². The molecular formula is C16H24N2OS. The van der Waals surface area contributed by atoms with Crippen molar-refractivity contribution in [3.05, 3.63) is 29.8 Å². The molecule has 0 saturated carbocycles. The van der Waals surface area contributed by atoms with E-state index < -0.39 is 0 Å². The van der Waals surface area contributed by atoms with Crippen LogP contribution in [-0.2, 0) is 11.3 Å². The Kier molecular flexibility index (Phi) is 5.92. The Hall–Kier alpha value is -1.00. The van der Waals surface area contributed by atoms with Gasteiger partial charge in [-0.15, -0.1) is 11.8 Å². The molecule has 1 saturated heterocycles. The largest absolute Gasteiger partial charge is 0.342 e. The Labute approximate surface area is 126 Å². The van der Waals surface area contributed by atoms with E-state index in [9.17, 15) is 4.79 Å². The molecule has 1 unspecified atom stereocenters. The van der Waals surface area contributed by atoms with Gasteiger partial charge in [-0.25, -0.2) is 0 Å². The lowest BCUT2D eigenvalue weighted by atomic mass is 10.1. The molecule has 2 rings (SSSR count). The van der Waals surface area contributed by atoms with Crippen LogP contribution in [0.4, 0.5) is 0 Å². The summed E-state index contributed by atoms with van der Waals surface area (Å²) in [4.78, 5) is 15.6. The zero-order valence-corrected chi connectivity index (χ0v) is 13.2. The second kappa shape index (κ2) is 7.70. The summed E-state index contributed by atoms with van der Waals surface area (Å²) in [6.07, 6.45) is 3.57. The molecule has 110 valence electrons. The van der Waals surface area contributed by atoms with Crippen molar-refractivity contribution in [2.75, 3.05) is 20.1 Å². The zero-order chi connectivity index (χ0) is 14.4. The molecule has 1 aromatic rings. The second-order valence-corrected chi connectivity index (χ2v) is 6.74. The number of nitrogens with one attached hydrogen (secondary N) is 1. The van der Waals surface area contributed by atoms with Crippen molar-refractivity contribution >= 4 is 17.7 Å². The maximum atomic E-state index is 12.4.